The van der Waals surface area contributed by atoms with E-state index in [1.165, 1.54) is 0 Å². The molecule has 66 valence electrons. The number of hydrogen-bond donors (Lipinski definition) is 0. The summed E-state index contributed by atoms with van der Waals surface area (Å²) in [6, 6.07) is 0. The lowest BCUT2D eigenvalue weighted by Crippen LogP contribution is -2.50. The molecule has 0 spiro atoms. The van der Waals surface area contributed by atoms with Crippen LogP contribution in [0.4, 0.5) is 0 Å². The molecule has 1 atom stereocenters. The molecule has 0 radical (unpaired) electrons. The second-order valence-corrected chi connectivity index (χ2v) is 4.30. The molecule has 1 aliphatic heterocycles. The summed E-state index contributed by atoms with van der Waals surface area (Å²) in [4.78, 5) is 2.47. The van der Waals surface area contributed by atoms with E-state index >= 15 is 0 Å². The zero-order valence-corrected chi connectivity index (χ0v) is 8.05. The van der Waals surface area contributed by atoms with Gasteiger partial charge in [0.2, 0.25) is 0 Å². The van der Waals surface area contributed by atoms with Gasteiger partial charge in [-0.05, 0) is 27.7 Å². The Morgan fingerprint density at radius 3 is 2.36 bits per heavy atom. The molecule has 1 unspecified atom stereocenters. The highest BCUT2D eigenvalue weighted by atomic mass is 16.5. The van der Waals surface area contributed by atoms with Crippen LogP contribution in [0.3, 0.4) is 0 Å². The summed E-state index contributed by atoms with van der Waals surface area (Å²) in [7, 11) is 0. The fourth-order valence-electron chi connectivity index (χ4n) is 1.43. The molecule has 1 rings (SSSR count). The second kappa shape index (κ2) is 3.11. The van der Waals surface area contributed by atoms with Crippen molar-refractivity contribution in [2.45, 2.75) is 39.3 Å². The van der Waals surface area contributed by atoms with Crippen molar-refractivity contribution in [1.29, 1.82) is 0 Å². The first-order chi connectivity index (χ1) is 5.00. The maximum absolute atomic E-state index is 5.46. The Bertz CT molecular complexity index is 128. The van der Waals surface area contributed by atoms with Crippen LogP contribution in [0.5, 0.6) is 0 Å². The first-order valence-corrected chi connectivity index (χ1v) is 4.37. The van der Waals surface area contributed by atoms with Crippen molar-refractivity contribution in [3.8, 4) is 0 Å². The lowest BCUT2D eigenvalue weighted by molar-refractivity contribution is -0.0494. The van der Waals surface area contributed by atoms with Crippen molar-refractivity contribution < 1.29 is 4.74 Å². The Hall–Kier alpha value is -0.0800. The first-order valence-electron chi connectivity index (χ1n) is 4.37. The summed E-state index contributed by atoms with van der Waals surface area (Å²) < 4.78 is 5.46. The minimum atomic E-state index is 0.304. The van der Waals surface area contributed by atoms with Crippen LogP contribution in [-0.2, 0) is 4.74 Å². The molecular formula is C9H19NO. The Morgan fingerprint density at radius 2 is 2.00 bits per heavy atom. The monoisotopic (exact) mass is 157 g/mol. The third-order valence-corrected chi connectivity index (χ3v) is 2.19. The lowest BCUT2D eigenvalue weighted by atomic mass is 10.0. The summed E-state index contributed by atoms with van der Waals surface area (Å²) in [5, 5.41) is 0. The van der Waals surface area contributed by atoms with Crippen LogP contribution in [0.15, 0.2) is 0 Å². The Balaban J connectivity index is 2.46. The number of rotatable bonds is 0. The smallest absolute Gasteiger partial charge is 0.0674 e. The van der Waals surface area contributed by atoms with E-state index in [2.05, 4.69) is 32.6 Å². The van der Waals surface area contributed by atoms with Gasteiger partial charge in [0.15, 0.2) is 0 Å². The van der Waals surface area contributed by atoms with Gasteiger partial charge in [0.25, 0.3) is 0 Å². The van der Waals surface area contributed by atoms with Gasteiger partial charge in [-0.3, -0.25) is 4.90 Å². The van der Waals surface area contributed by atoms with Crippen molar-refractivity contribution in [3.05, 3.63) is 0 Å². The zero-order chi connectivity index (χ0) is 8.48. The fourth-order valence-corrected chi connectivity index (χ4v) is 1.43. The molecular weight excluding hydrogens is 138 g/mol. The standard InChI is InChI=1S/C9H19NO/c1-8-7-10(5-6-11-8)9(2,3)4/h8H,5-7H2,1-4H3. The molecule has 1 saturated heterocycles. The highest BCUT2D eigenvalue weighted by molar-refractivity contribution is 4.80. The molecule has 0 aromatic rings. The Labute approximate surface area is 69.5 Å². The number of morpholine rings is 1. The highest BCUT2D eigenvalue weighted by Gasteiger charge is 2.25. The molecule has 0 aliphatic carbocycles. The summed E-state index contributed by atoms with van der Waals surface area (Å²) in [6.07, 6.45) is 0.406. The minimum absolute atomic E-state index is 0.304. The van der Waals surface area contributed by atoms with Gasteiger partial charge >= 0.3 is 0 Å². The summed E-state index contributed by atoms with van der Waals surface area (Å²) in [6.45, 7) is 11.9. The van der Waals surface area contributed by atoms with Gasteiger partial charge in [0.05, 0.1) is 12.7 Å². The average Bonchev–Trinajstić information content (AvgIpc) is 1.86. The van der Waals surface area contributed by atoms with Crippen molar-refractivity contribution in [2.75, 3.05) is 19.7 Å². The van der Waals surface area contributed by atoms with E-state index in [0.29, 0.717) is 11.6 Å². The maximum atomic E-state index is 5.46. The molecule has 1 aliphatic rings. The second-order valence-electron chi connectivity index (χ2n) is 4.30. The third-order valence-electron chi connectivity index (χ3n) is 2.19. The maximum Gasteiger partial charge on any atom is 0.0674 e. The molecule has 0 amide bonds. The van der Waals surface area contributed by atoms with Gasteiger partial charge < -0.3 is 4.74 Å². The molecule has 2 heteroatoms. The van der Waals surface area contributed by atoms with Gasteiger partial charge in [0, 0.05) is 18.6 Å². The van der Waals surface area contributed by atoms with Crippen molar-refractivity contribution >= 4 is 0 Å². The fraction of sp³-hybridized carbons (Fsp3) is 1.00. The number of hydrogen-bond acceptors (Lipinski definition) is 2. The van der Waals surface area contributed by atoms with E-state index in [-0.39, 0.29) is 0 Å². The van der Waals surface area contributed by atoms with Crippen molar-refractivity contribution in [1.82, 2.24) is 4.90 Å². The predicted molar refractivity (Wildman–Crippen MR) is 46.7 cm³/mol. The number of nitrogens with zero attached hydrogens (tertiary/aromatic N) is 1. The Morgan fingerprint density at radius 1 is 1.36 bits per heavy atom. The number of ether oxygens (including phenoxy) is 1. The largest absolute Gasteiger partial charge is 0.376 e. The Kier molecular flexibility index (Phi) is 2.55. The van der Waals surface area contributed by atoms with Crippen LogP contribution >= 0.6 is 0 Å². The third kappa shape index (κ3) is 2.46. The van der Waals surface area contributed by atoms with Crippen LogP contribution in [-0.4, -0.2) is 36.2 Å². The molecule has 0 bridgehead atoms. The van der Waals surface area contributed by atoms with Crippen molar-refractivity contribution in [2.24, 2.45) is 0 Å². The molecule has 11 heavy (non-hydrogen) atoms. The van der Waals surface area contributed by atoms with E-state index in [0.717, 1.165) is 19.7 Å². The van der Waals surface area contributed by atoms with Gasteiger partial charge in [0.1, 0.15) is 0 Å². The molecule has 0 N–H and O–H groups in total. The highest BCUT2D eigenvalue weighted by Crippen LogP contribution is 2.16. The SMILES string of the molecule is CC1CN(C(C)(C)C)CCO1. The van der Waals surface area contributed by atoms with Gasteiger partial charge in [-0.15, -0.1) is 0 Å². The summed E-state index contributed by atoms with van der Waals surface area (Å²) >= 11 is 0. The molecule has 2 nitrogen and oxygen atoms in total. The van der Waals surface area contributed by atoms with Gasteiger partial charge in [-0.2, -0.15) is 0 Å². The average molecular weight is 157 g/mol. The van der Waals surface area contributed by atoms with Gasteiger partial charge in [-0.25, -0.2) is 0 Å². The quantitative estimate of drug-likeness (QED) is 0.528. The topological polar surface area (TPSA) is 12.5 Å². The molecule has 0 aromatic carbocycles. The molecule has 1 fully saturated rings. The van der Waals surface area contributed by atoms with Gasteiger partial charge in [-0.1, -0.05) is 0 Å². The molecule has 1 heterocycles. The summed E-state index contributed by atoms with van der Waals surface area (Å²) in [5.41, 5.74) is 0.304. The lowest BCUT2D eigenvalue weighted by Gasteiger charge is -2.40. The van der Waals surface area contributed by atoms with Crippen LogP contribution in [0.2, 0.25) is 0 Å². The van der Waals surface area contributed by atoms with E-state index in [1.54, 1.807) is 0 Å². The van der Waals surface area contributed by atoms with Crippen LogP contribution in [0, 0.1) is 0 Å². The van der Waals surface area contributed by atoms with E-state index in [4.69, 9.17) is 4.74 Å². The summed E-state index contributed by atoms with van der Waals surface area (Å²) in [5.74, 6) is 0. The van der Waals surface area contributed by atoms with Crippen LogP contribution in [0.25, 0.3) is 0 Å². The first kappa shape index (κ1) is 9.01. The molecule has 0 saturated carbocycles. The van der Waals surface area contributed by atoms with Crippen LogP contribution in [0.1, 0.15) is 27.7 Å². The van der Waals surface area contributed by atoms with Crippen molar-refractivity contribution in [3.63, 3.8) is 0 Å². The van der Waals surface area contributed by atoms with E-state index in [1.807, 2.05) is 0 Å². The predicted octanol–water partition coefficient (Wildman–Crippen LogP) is 1.51. The minimum Gasteiger partial charge on any atom is -0.376 e. The van der Waals surface area contributed by atoms with E-state index in [9.17, 15) is 0 Å². The normalized spacial score (nSPS) is 28.9. The van der Waals surface area contributed by atoms with E-state index < -0.39 is 0 Å². The van der Waals surface area contributed by atoms with Crippen LogP contribution < -0.4 is 0 Å². The molecule has 0 aromatic heterocycles. The zero-order valence-electron chi connectivity index (χ0n) is 8.05.